The Morgan fingerprint density at radius 2 is 2.60 bits per heavy atom. The van der Waals surface area contributed by atoms with Gasteiger partial charge in [-0.2, -0.15) is 5.10 Å². The SMILES string of the molecule is CNC(CC1CCCO1)c1cnn(C)c1. The molecule has 4 heteroatoms. The first-order valence-corrected chi connectivity index (χ1v) is 5.57. The summed E-state index contributed by atoms with van der Waals surface area (Å²) in [4.78, 5) is 0. The Kier molecular flexibility index (Phi) is 3.38. The second-order valence-electron chi connectivity index (χ2n) is 4.16. The first kappa shape index (κ1) is 10.6. The van der Waals surface area contributed by atoms with E-state index in [4.69, 9.17) is 4.74 Å². The fourth-order valence-electron chi connectivity index (χ4n) is 2.13. The van der Waals surface area contributed by atoms with Crippen LogP contribution in [0.5, 0.6) is 0 Å². The van der Waals surface area contributed by atoms with E-state index in [9.17, 15) is 0 Å². The molecule has 1 saturated heterocycles. The van der Waals surface area contributed by atoms with E-state index in [0.29, 0.717) is 12.1 Å². The van der Waals surface area contributed by atoms with Crippen molar-refractivity contribution in [2.45, 2.75) is 31.4 Å². The molecule has 0 spiro atoms. The van der Waals surface area contributed by atoms with Crippen LogP contribution in [0.25, 0.3) is 0 Å². The van der Waals surface area contributed by atoms with Crippen molar-refractivity contribution in [3.05, 3.63) is 18.0 Å². The highest BCUT2D eigenvalue weighted by Crippen LogP contribution is 2.24. The van der Waals surface area contributed by atoms with Gasteiger partial charge in [0.1, 0.15) is 0 Å². The topological polar surface area (TPSA) is 39.1 Å². The minimum atomic E-state index is 0.363. The van der Waals surface area contributed by atoms with E-state index in [-0.39, 0.29) is 0 Å². The Bertz CT molecular complexity index is 305. The lowest BCUT2D eigenvalue weighted by Crippen LogP contribution is -2.21. The highest BCUT2D eigenvalue weighted by Gasteiger charge is 2.21. The molecular weight excluding hydrogens is 190 g/mol. The quantitative estimate of drug-likeness (QED) is 0.811. The van der Waals surface area contributed by atoms with Crippen LogP contribution in [0.2, 0.25) is 0 Å². The summed E-state index contributed by atoms with van der Waals surface area (Å²) >= 11 is 0. The molecule has 2 heterocycles. The highest BCUT2D eigenvalue weighted by atomic mass is 16.5. The van der Waals surface area contributed by atoms with Crippen LogP contribution in [0.4, 0.5) is 0 Å². The second-order valence-corrected chi connectivity index (χ2v) is 4.16. The van der Waals surface area contributed by atoms with Crippen molar-refractivity contribution in [1.82, 2.24) is 15.1 Å². The van der Waals surface area contributed by atoms with Gasteiger partial charge < -0.3 is 10.1 Å². The molecule has 0 aromatic carbocycles. The zero-order chi connectivity index (χ0) is 10.7. The maximum atomic E-state index is 5.65. The number of hydrogen-bond donors (Lipinski definition) is 1. The first-order chi connectivity index (χ1) is 7.29. The predicted molar refractivity (Wildman–Crippen MR) is 58.6 cm³/mol. The van der Waals surface area contributed by atoms with Gasteiger partial charge in [-0.1, -0.05) is 0 Å². The number of aromatic nitrogens is 2. The fraction of sp³-hybridized carbons (Fsp3) is 0.727. The molecule has 1 aliphatic rings. The van der Waals surface area contributed by atoms with Crippen molar-refractivity contribution in [1.29, 1.82) is 0 Å². The summed E-state index contributed by atoms with van der Waals surface area (Å²) < 4.78 is 7.49. The average Bonchev–Trinajstić information content (AvgIpc) is 2.85. The van der Waals surface area contributed by atoms with Crippen molar-refractivity contribution >= 4 is 0 Å². The summed E-state index contributed by atoms with van der Waals surface area (Å²) in [7, 11) is 3.94. The minimum absolute atomic E-state index is 0.363. The number of ether oxygens (including phenoxy) is 1. The van der Waals surface area contributed by atoms with Gasteiger partial charge in [-0.3, -0.25) is 4.68 Å². The third-order valence-electron chi connectivity index (χ3n) is 3.00. The van der Waals surface area contributed by atoms with Crippen LogP contribution in [-0.2, 0) is 11.8 Å². The van der Waals surface area contributed by atoms with E-state index < -0.39 is 0 Å². The van der Waals surface area contributed by atoms with Gasteiger partial charge in [-0.05, 0) is 26.3 Å². The number of aryl methyl sites for hydroxylation is 1. The molecule has 1 N–H and O–H groups in total. The lowest BCUT2D eigenvalue weighted by atomic mass is 10.0. The lowest BCUT2D eigenvalue weighted by molar-refractivity contribution is 0.0954. The van der Waals surface area contributed by atoms with Crippen molar-refractivity contribution in [3.63, 3.8) is 0 Å². The zero-order valence-electron chi connectivity index (χ0n) is 9.44. The molecule has 4 nitrogen and oxygen atoms in total. The van der Waals surface area contributed by atoms with E-state index in [1.54, 1.807) is 0 Å². The molecule has 15 heavy (non-hydrogen) atoms. The molecule has 1 fully saturated rings. The predicted octanol–water partition coefficient (Wildman–Crippen LogP) is 1.25. The number of nitrogens with zero attached hydrogens (tertiary/aromatic N) is 2. The maximum absolute atomic E-state index is 5.65. The van der Waals surface area contributed by atoms with Crippen LogP contribution < -0.4 is 5.32 Å². The highest BCUT2D eigenvalue weighted by molar-refractivity contribution is 5.10. The van der Waals surface area contributed by atoms with Crippen LogP contribution in [-0.4, -0.2) is 29.5 Å². The summed E-state index contributed by atoms with van der Waals surface area (Å²) in [5.41, 5.74) is 1.25. The van der Waals surface area contributed by atoms with Gasteiger partial charge in [0.2, 0.25) is 0 Å². The normalized spacial score (nSPS) is 23.2. The third kappa shape index (κ3) is 2.58. The average molecular weight is 209 g/mol. The van der Waals surface area contributed by atoms with Gasteiger partial charge in [0.15, 0.2) is 0 Å². The number of rotatable bonds is 4. The zero-order valence-corrected chi connectivity index (χ0v) is 9.44. The molecule has 0 amide bonds. The van der Waals surface area contributed by atoms with Gasteiger partial charge in [0.25, 0.3) is 0 Å². The maximum Gasteiger partial charge on any atom is 0.0594 e. The minimum Gasteiger partial charge on any atom is -0.378 e. The van der Waals surface area contributed by atoms with Gasteiger partial charge in [-0.25, -0.2) is 0 Å². The van der Waals surface area contributed by atoms with Gasteiger partial charge in [0, 0.05) is 31.5 Å². The van der Waals surface area contributed by atoms with E-state index in [0.717, 1.165) is 13.0 Å². The molecule has 0 aliphatic carbocycles. The third-order valence-corrected chi connectivity index (χ3v) is 3.00. The monoisotopic (exact) mass is 209 g/mol. The van der Waals surface area contributed by atoms with Crippen LogP contribution >= 0.6 is 0 Å². The van der Waals surface area contributed by atoms with Crippen LogP contribution in [0.1, 0.15) is 30.9 Å². The molecule has 1 aromatic heterocycles. The first-order valence-electron chi connectivity index (χ1n) is 5.57. The fourth-order valence-corrected chi connectivity index (χ4v) is 2.13. The Balaban J connectivity index is 1.97. The summed E-state index contributed by atoms with van der Waals surface area (Å²) in [5, 5.41) is 7.52. The van der Waals surface area contributed by atoms with Crippen molar-refractivity contribution in [2.24, 2.45) is 7.05 Å². The lowest BCUT2D eigenvalue weighted by Gasteiger charge is -2.18. The molecular formula is C11H19N3O. The summed E-state index contributed by atoms with van der Waals surface area (Å²) in [6.07, 6.45) is 7.85. The Hall–Kier alpha value is -0.870. The standard InChI is InChI=1S/C11H19N3O/c1-12-11(6-10-4-3-5-15-10)9-7-13-14(2)8-9/h7-8,10-12H,3-6H2,1-2H3. The van der Waals surface area contributed by atoms with Gasteiger partial charge >= 0.3 is 0 Å². The van der Waals surface area contributed by atoms with E-state index in [1.165, 1.54) is 18.4 Å². The molecule has 0 bridgehead atoms. The van der Waals surface area contributed by atoms with Crippen molar-refractivity contribution < 1.29 is 4.74 Å². The molecule has 1 aliphatic heterocycles. The molecule has 84 valence electrons. The Morgan fingerprint density at radius 1 is 1.73 bits per heavy atom. The molecule has 2 rings (SSSR count). The molecule has 2 unspecified atom stereocenters. The summed E-state index contributed by atoms with van der Waals surface area (Å²) in [6, 6.07) is 0.363. The number of hydrogen-bond acceptors (Lipinski definition) is 3. The Morgan fingerprint density at radius 3 is 3.13 bits per heavy atom. The summed E-state index contributed by atoms with van der Waals surface area (Å²) in [5.74, 6) is 0. The largest absolute Gasteiger partial charge is 0.378 e. The van der Waals surface area contributed by atoms with Gasteiger partial charge in [-0.15, -0.1) is 0 Å². The van der Waals surface area contributed by atoms with Crippen LogP contribution in [0, 0.1) is 0 Å². The molecule has 0 saturated carbocycles. The van der Waals surface area contributed by atoms with Crippen LogP contribution in [0.3, 0.4) is 0 Å². The molecule has 1 aromatic rings. The van der Waals surface area contributed by atoms with Crippen molar-refractivity contribution in [2.75, 3.05) is 13.7 Å². The molecule has 0 radical (unpaired) electrons. The van der Waals surface area contributed by atoms with Crippen LogP contribution in [0.15, 0.2) is 12.4 Å². The van der Waals surface area contributed by atoms with E-state index in [2.05, 4.69) is 16.6 Å². The molecule has 2 atom stereocenters. The van der Waals surface area contributed by atoms with E-state index in [1.807, 2.05) is 25.0 Å². The second kappa shape index (κ2) is 4.77. The van der Waals surface area contributed by atoms with Crippen molar-refractivity contribution in [3.8, 4) is 0 Å². The van der Waals surface area contributed by atoms with E-state index >= 15 is 0 Å². The van der Waals surface area contributed by atoms with Gasteiger partial charge in [0.05, 0.1) is 12.3 Å². The smallest absolute Gasteiger partial charge is 0.0594 e. The Labute approximate surface area is 90.6 Å². The summed E-state index contributed by atoms with van der Waals surface area (Å²) in [6.45, 7) is 0.925. The number of nitrogens with one attached hydrogen (secondary N) is 1.